The molecule has 1 aliphatic heterocycles. The molecule has 0 radical (unpaired) electrons. The van der Waals surface area contributed by atoms with Crippen LogP contribution in [0, 0.1) is 0 Å². The zero-order valence-electron chi connectivity index (χ0n) is 14.8. The zero-order chi connectivity index (χ0) is 18.8. The molecule has 7 heteroatoms. The van der Waals surface area contributed by atoms with E-state index in [-0.39, 0.29) is 24.2 Å². The normalized spacial score (nSPS) is 15.7. The standard InChI is InChI=1S/C20H19N5O2/c1-2-13-8-10-15(11-9-13)21-19(27)16-12-17(26)22-20-23-18(24-25(16)20)14-6-4-3-5-7-14/h3-11,16H,2,12H2,1H3,(H,21,27)(H,22,23,24,26)/t16-/m1/s1. The minimum Gasteiger partial charge on any atom is -0.324 e. The van der Waals surface area contributed by atoms with E-state index in [0.717, 1.165) is 12.0 Å². The van der Waals surface area contributed by atoms with Crippen LogP contribution in [0.1, 0.15) is 24.9 Å². The van der Waals surface area contributed by atoms with Crippen molar-refractivity contribution in [2.24, 2.45) is 0 Å². The van der Waals surface area contributed by atoms with Gasteiger partial charge in [-0.3, -0.25) is 14.9 Å². The van der Waals surface area contributed by atoms with E-state index in [1.807, 2.05) is 54.6 Å². The topological polar surface area (TPSA) is 88.9 Å². The number of carbonyl (C=O) groups excluding carboxylic acids is 2. The number of aryl methyl sites for hydroxylation is 1. The highest BCUT2D eigenvalue weighted by molar-refractivity contribution is 6.00. The highest BCUT2D eigenvalue weighted by Gasteiger charge is 2.33. The van der Waals surface area contributed by atoms with E-state index in [0.29, 0.717) is 11.5 Å². The second-order valence-corrected chi connectivity index (χ2v) is 6.38. The predicted octanol–water partition coefficient (Wildman–Crippen LogP) is 3.03. The summed E-state index contributed by atoms with van der Waals surface area (Å²) in [6.07, 6.45) is 0.949. The molecule has 136 valence electrons. The van der Waals surface area contributed by atoms with Crippen LogP contribution in [0.2, 0.25) is 0 Å². The molecule has 2 aromatic carbocycles. The quantitative estimate of drug-likeness (QED) is 0.747. The molecule has 1 aliphatic rings. The summed E-state index contributed by atoms with van der Waals surface area (Å²) in [5.41, 5.74) is 2.70. The maximum absolute atomic E-state index is 12.8. The number of hydrogen-bond acceptors (Lipinski definition) is 4. The van der Waals surface area contributed by atoms with Gasteiger partial charge in [0.15, 0.2) is 5.82 Å². The second kappa shape index (κ2) is 7.03. The molecule has 4 rings (SSSR count). The average Bonchev–Trinajstić information content (AvgIpc) is 3.12. The van der Waals surface area contributed by atoms with Gasteiger partial charge in [-0.2, -0.15) is 4.98 Å². The number of benzene rings is 2. The molecule has 27 heavy (non-hydrogen) atoms. The number of amides is 2. The Labute approximate surface area is 156 Å². The molecule has 1 atom stereocenters. The van der Waals surface area contributed by atoms with Crippen molar-refractivity contribution in [3.05, 3.63) is 60.2 Å². The van der Waals surface area contributed by atoms with Gasteiger partial charge < -0.3 is 5.32 Å². The van der Waals surface area contributed by atoms with Gasteiger partial charge in [-0.1, -0.05) is 49.4 Å². The number of nitrogens with one attached hydrogen (secondary N) is 2. The van der Waals surface area contributed by atoms with Crippen LogP contribution in [0.15, 0.2) is 54.6 Å². The Hall–Kier alpha value is -3.48. The molecule has 3 aromatic rings. The van der Waals surface area contributed by atoms with Gasteiger partial charge in [0.05, 0.1) is 6.42 Å². The lowest BCUT2D eigenvalue weighted by Gasteiger charge is -2.22. The van der Waals surface area contributed by atoms with Crippen molar-refractivity contribution in [3.63, 3.8) is 0 Å². The molecule has 0 spiro atoms. The van der Waals surface area contributed by atoms with Crippen LogP contribution in [0.25, 0.3) is 11.4 Å². The first-order chi connectivity index (χ1) is 13.1. The fraction of sp³-hybridized carbons (Fsp3) is 0.200. The van der Waals surface area contributed by atoms with E-state index in [1.165, 1.54) is 10.2 Å². The summed E-state index contributed by atoms with van der Waals surface area (Å²) in [6, 6.07) is 16.4. The molecule has 0 saturated heterocycles. The van der Waals surface area contributed by atoms with Crippen molar-refractivity contribution < 1.29 is 9.59 Å². The van der Waals surface area contributed by atoms with Gasteiger partial charge in [-0.25, -0.2) is 4.68 Å². The monoisotopic (exact) mass is 361 g/mol. The van der Waals surface area contributed by atoms with E-state index in [4.69, 9.17) is 0 Å². The van der Waals surface area contributed by atoms with Gasteiger partial charge >= 0.3 is 0 Å². The Morgan fingerprint density at radius 3 is 2.63 bits per heavy atom. The molecule has 2 amide bonds. The number of hydrogen-bond donors (Lipinski definition) is 2. The number of nitrogens with zero attached hydrogens (tertiary/aromatic N) is 3. The Morgan fingerprint density at radius 2 is 1.93 bits per heavy atom. The molecule has 2 heterocycles. The first kappa shape index (κ1) is 17.0. The summed E-state index contributed by atoms with van der Waals surface area (Å²) in [6.45, 7) is 2.07. The van der Waals surface area contributed by atoms with Gasteiger partial charge in [-0.15, -0.1) is 5.10 Å². The van der Waals surface area contributed by atoms with Crippen molar-refractivity contribution >= 4 is 23.5 Å². The fourth-order valence-corrected chi connectivity index (χ4v) is 3.03. The summed E-state index contributed by atoms with van der Waals surface area (Å²) < 4.78 is 1.49. The lowest BCUT2D eigenvalue weighted by atomic mass is 10.1. The van der Waals surface area contributed by atoms with Gasteiger partial charge in [0.25, 0.3) is 0 Å². The number of carbonyl (C=O) groups is 2. The summed E-state index contributed by atoms with van der Waals surface area (Å²) >= 11 is 0. The molecular weight excluding hydrogens is 342 g/mol. The third-order valence-electron chi connectivity index (χ3n) is 4.52. The van der Waals surface area contributed by atoms with Crippen molar-refractivity contribution in [1.82, 2.24) is 14.8 Å². The van der Waals surface area contributed by atoms with Crippen molar-refractivity contribution in [1.29, 1.82) is 0 Å². The third kappa shape index (κ3) is 3.44. The Bertz CT molecular complexity index is 979. The van der Waals surface area contributed by atoms with Crippen LogP contribution >= 0.6 is 0 Å². The van der Waals surface area contributed by atoms with Gasteiger partial charge in [0.2, 0.25) is 17.8 Å². The molecule has 0 saturated carbocycles. The molecule has 0 bridgehead atoms. The summed E-state index contributed by atoms with van der Waals surface area (Å²) in [4.78, 5) is 29.2. The van der Waals surface area contributed by atoms with Gasteiger partial charge in [0.1, 0.15) is 6.04 Å². The summed E-state index contributed by atoms with van der Waals surface area (Å²) in [5.74, 6) is 0.209. The molecule has 7 nitrogen and oxygen atoms in total. The maximum atomic E-state index is 12.8. The van der Waals surface area contributed by atoms with Crippen LogP contribution < -0.4 is 10.6 Å². The number of aromatic nitrogens is 3. The highest BCUT2D eigenvalue weighted by Crippen LogP contribution is 2.27. The second-order valence-electron chi connectivity index (χ2n) is 6.38. The number of anilines is 2. The van der Waals surface area contributed by atoms with E-state index in [9.17, 15) is 9.59 Å². The Kier molecular flexibility index (Phi) is 4.42. The summed E-state index contributed by atoms with van der Waals surface area (Å²) in [5, 5.41) is 10.0. The number of fused-ring (bicyclic) bond motifs is 1. The molecule has 2 N–H and O–H groups in total. The lowest BCUT2D eigenvalue weighted by molar-refractivity contribution is -0.125. The predicted molar refractivity (Wildman–Crippen MR) is 102 cm³/mol. The first-order valence-electron chi connectivity index (χ1n) is 8.85. The minimum absolute atomic E-state index is 0.0173. The molecule has 0 aliphatic carbocycles. The van der Waals surface area contributed by atoms with Crippen LogP contribution in [-0.4, -0.2) is 26.6 Å². The zero-order valence-corrected chi connectivity index (χ0v) is 14.8. The molecular formula is C20H19N5O2. The van der Waals surface area contributed by atoms with Crippen LogP contribution in [0.5, 0.6) is 0 Å². The van der Waals surface area contributed by atoms with Crippen molar-refractivity contribution in [2.45, 2.75) is 25.8 Å². The van der Waals surface area contributed by atoms with E-state index >= 15 is 0 Å². The SMILES string of the molecule is CCc1ccc(NC(=O)[C@H]2CC(=O)Nc3nc(-c4ccccc4)nn32)cc1. The van der Waals surface area contributed by atoms with E-state index in [2.05, 4.69) is 27.6 Å². The first-order valence-corrected chi connectivity index (χ1v) is 8.85. The van der Waals surface area contributed by atoms with Gasteiger partial charge in [0, 0.05) is 11.3 Å². The molecule has 1 aromatic heterocycles. The fourth-order valence-electron chi connectivity index (χ4n) is 3.03. The summed E-state index contributed by atoms with van der Waals surface area (Å²) in [7, 11) is 0. The Morgan fingerprint density at radius 1 is 1.19 bits per heavy atom. The van der Waals surface area contributed by atoms with Gasteiger partial charge in [-0.05, 0) is 24.1 Å². The third-order valence-corrected chi connectivity index (χ3v) is 4.52. The van der Waals surface area contributed by atoms with E-state index < -0.39 is 6.04 Å². The van der Waals surface area contributed by atoms with Crippen LogP contribution in [-0.2, 0) is 16.0 Å². The lowest BCUT2D eigenvalue weighted by Crippen LogP contribution is -2.36. The molecule has 0 fully saturated rings. The van der Waals surface area contributed by atoms with Crippen LogP contribution in [0.4, 0.5) is 11.6 Å². The van der Waals surface area contributed by atoms with E-state index in [1.54, 1.807) is 0 Å². The highest BCUT2D eigenvalue weighted by atomic mass is 16.2. The maximum Gasteiger partial charge on any atom is 0.249 e. The molecule has 0 unspecified atom stereocenters. The smallest absolute Gasteiger partial charge is 0.249 e. The number of rotatable bonds is 4. The van der Waals surface area contributed by atoms with Crippen LogP contribution in [0.3, 0.4) is 0 Å². The largest absolute Gasteiger partial charge is 0.324 e. The van der Waals surface area contributed by atoms with Crippen molar-refractivity contribution in [2.75, 3.05) is 10.6 Å². The average molecular weight is 361 g/mol. The van der Waals surface area contributed by atoms with Crippen molar-refractivity contribution in [3.8, 4) is 11.4 Å². The minimum atomic E-state index is -0.746. The Balaban J connectivity index is 1.61.